The highest BCUT2D eigenvalue weighted by molar-refractivity contribution is 9.10. The van der Waals surface area contributed by atoms with Gasteiger partial charge in [0.15, 0.2) is 5.03 Å². The zero-order valence-electron chi connectivity index (χ0n) is 10.1. The van der Waals surface area contributed by atoms with Crippen molar-refractivity contribution in [3.05, 3.63) is 22.8 Å². The van der Waals surface area contributed by atoms with Gasteiger partial charge in [-0.2, -0.15) is 0 Å². The van der Waals surface area contributed by atoms with Crippen LogP contribution in [0.1, 0.15) is 6.92 Å². The quantitative estimate of drug-likeness (QED) is 0.659. The Morgan fingerprint density at radius 2 is 1.79 bits per heavy atom. The molecule has 1 rings (SSSR count). The Hall–Kier alpha value is -0.550. The van der Waals surface area contributed by atoms with E-state index in [1.165, 1.54) is 19.2 Å². The second kappa shape index (κ2) is 6.75. The van der Waals surface area contributed by atoms with Crippen LogP contribution in [0.5, 0.6) is 0 Å². The third kappa shape index (κ3) is 5.53. The molecule has 0 saturated heterocycles. The van der Waals surface area contributed by atoms with Crippen LogP contribution in [0.3, 0.4) is 0 Å². The number of nitrogens with zero attached hydrogens (tertiary/aromatic N) is 1. The first kappa shape index (κ1) is 16.5. The molecule has 108 valence electrons. The van der Waals surface area contributed by atoms with E-state index in [1.54, 1.807) is 6.07 Å². The SMILES string of the molecule is CCS(=O)(=O)NCCNS(=O)(=O)c1ccc(Br)cn1. The monoisotopic (exact) mass is 371 g/mol. The number of aromatic nitrogens is 1. The molecule has 7 nitrogen and oxygen atoms in total. The van der Waals surface area contributed by atoms with Gasteiger partial charge in [0.25, 0.3) is 10.0 Å². The fourth-order valence-electron chi connectivity index (χ4n) is 1.09. The number of sulfonamides is 2. The summed E-state index contributed by atoms with van der Waals surface area (Å²) in [6.07, 6.45) is 1.37. The first-order chi connectivity index (χ1) is 8.77. The highest BCUT2D eigenvalue weighted by Gasteiger charge is 2.15. The van der Waals surface area contributed by atoms with Gasteiger partial charge in [0.1, 0.15) is 0 Å². The van der Waals surface area contributed by atoms with Gasteiger partial charge in [-0.25, -0.2) is 31.3 Å². The molecule has 10 heteroatoms. The molecule has 1 heterocycles. The molecular formula is C9H14BrN3O4S2. The smallest absolute Gasteiger partial charge is 0.242 e. The fourth-order valence-corrected chi connectivity index (χ4v) is 2.90. The van der Waals surface area contributed by atoms with E-state index in [2.05, 4.69) is 30.4 Å². The van der Waals surface area contributed by atoms with Crippen molar-refractivity contribution >= 4 is 36.0 Å². The molecule has 0 aliphatic heterocycles. The van der Waals surface area contributed by atoms with E-state index in [0.29, 0.717) is 4.47 Å². The minimum Gasteiger partial charge on any atom is -0.242 e. The average Bonchev–Trinajstić information content (AvgIpc) is 2.35. The summed E-state index contributed by atoms with van der Waals surface area (Å²) < 4.78 is 51.0. The standard InChI is InChI=1S/C9H14BrN3O4S2/c1-2-18(14,15)12-5-6-13-19(16,17)9-4-3-8(10)7-11-9/h3-4,7,12-13H,2,5-6H2,1H3. The fraction of sp³-hybridized carbons (Fsp3) is 0.444. The van der Waals surface area contributed by atoms with Crippen LogP contribution in [0.4, 0.5) is 0 Å². The van der Waals surface area contributed by atoms with Gasteiger partial charge in [-0.3, -0.25) is 0 Å². The molecule has 0 amide bonds. The van der Waals surface area contributed by atoms with Crippen LogP contribution in [0, 0.1) is 0 Å². The van der Waals surface area contributed by atoms with E-state index in [1.807, 2.05) is 0 Å². The molecule has 0 fully saturated rings. The maximum absolute atomic E-state index is 11.8. The molecule has 0 atom stereocenters. The topological polar surface area (TPSA) is 105 Å². The van der Waals surface area contributed by atoms with Crippen molar-refractivity contribution in [2.24, 2.45) is 0 Å². The Morgan fingerprint density at radius 3 is 2.32 bits per heavy atom. The Balaban J connectivity index is 2.55. The van der Waals surface area contributed by atoms with Crippen molar-refractivity contribution in [3.63, 3.8) is 0 Å². The van der Waals surface area contributed by atoms with Gasteiger partial charge in [0, 0.05) is 23.8 Å². The van der Waals surface area contributed by atoms with Gasteiger partial charge in [0.2, 0.25) is 10.0 Å². The van der Waals surface area contributed by atoms with Crippen LogP contribution in [0.2, 0.25) is 0 Å². The summed E-state index contributed by atoms with van der Waals surface area (Å²) in [6, 6.07) is 2.91. The van der Waals surface area contributed by atoms with Gasteiger partial charge in [-0.15, -0.1) is 0 Å². The van der Waals surface area contributed by atoms with Crippen molar-refractivity contribution < 1.29 is 16.8 Å². The molecule has 0 unspecified atom stereocenters. The van der Waals surface area contributed by atoms with Gasteiger partial charge in [-0.1, -0.05) is 0 Å². The number of rotatable bonds is 7. The summed E-state index contributed by atoms with van der Waals surface area (Å²) in [4.78, 5) is 3.76. The molecule has 0 saturated carbocycles. The van der Waals surface area contributed by atoms with Gasteiger partial charge in [-0.05, 0) is 35.0 Å². The van der Waals surface area contributed by atoms with Crippen molar-refractivity contribution in [3.8, 4) is 0 Å². The molecule has 0 radical (unpaired) electrons. The lowest BCUT2D eigenvalue weighted by Crippen LogP contribution is -2.35. The zero-order chi connectivity index (χ0) is 14.5. The number of halogens is 1. The molecule has 1 aromatic heterocycles. The lowest BCUT2D eigenvalue weighted by molar-refractivity contribution is 0.569. The Labute approximate surface area is 121 Å². The Morgan fingerprint density at radius 1 is 1.16 bits per heavy atom. The van der Waals surface area contributed by atoms with E-state index in [9.17, 15) is 16.8 Å². The number of pyridine rings is 1. The predicted molar refractivity (Wildman–Crippen MR) is 74.6 cm³/mol. The molecule has 0 bridgehead atoms. The molecule has 2 N–H and O–H groups in total. The lowest BCUT2D eigenvalue weighted by atomic mass is 10.5. The number of hydrogen-bond donors (Lipinski definition) is 2. The molecule has 0 spiro atoms. The van der Waals surface area contributed by atoms with Crippen molar-refractivity contribution in [1.82, 2.24) is 14.4 Å². The maximum Gasteiger partial charge on any atom is 0.258 e. The zero-order valence-corrected chi connectivity index (χ0v) is 13.3. The Kier molecular flexibility index (Phi) is 5.86. The summed E-state index contributed by atoms with van der Waals surface area (Å²) in [7, 11) is -7.03. The normalized spacial score (nSPS) is 12.5. The summed E-state index contributed by atoms with van der Waals surface area (Å²) in [5, 5.41) is -0.117. The number of hydrogen-bond acceptors (Lipinski definition) is 5. The maximum atomic E-state index is 11.8. The Bertz CT molecular complexity index is 613. The summed E-state index contributed by atoms with van der Waals surface area (Å²) in [5.41, 5.74) is 0. The minimum absolute atomic E-state index is 0.00800. The molecule has 0 aliphatic rings. The highest BCUT2D eigenvalue weighted by Crippen LogP contribution is 2.10. The minimum atomic E-state index is -3.72. The first-order valence-electron chi connectivity index (χ1n) is 5.35. The number of nitrogens with one attached hydrogen (secondary N) is 2. The summed E-state index contributed by atoms with van der Waals surface area (Å²) >= 11 is 3.15. The van der Waals surface area contributed by atoms with E-state index in [0.717, 1.165) is 0 Å². The second-order valence-corrected chi connectivity index (χ2v) is 8.24. The third-order valence-electron chi connectivity index (χ3n) is 2.09. The third-order valence-corrected chi connectivity index (χ3v) is 5.34. The van der Waals surface area contributed by atoms with E-state index in [-0.39, 0.29) is 23.9 Å². The lowest BCUT2D eigenvalue weighted by Gasteiger charge is -2.07. The highest BCUT2D eigenvalue weighted by atomic mass is 79.9. The molecule has 0 aromatic carbocycles. The first-order valence-corrected chi connectivity index (χ1v) is 9.28. The second-order valence-electron chi connectivity index (χ2n) is 3.51. The van der Waals surface area contributed by atoms with E-state index < -0.39 is 20.0 Å². The van der Waals surface area contributed by atoms with Crippen LogP contribution in [-0.4, -0.2) is 40.7 Å². The molecule has 1 aromatic rings. The summed E-state index contributed by atoms with van der Waals surface area (Å²) in [6.45, 7) is 1.45. The molecule has 19 heavy (non-hydrogen) atoms. The van der Waals surface area contributed by atoms with Crippen molar-refractivity contribution in [2.75, 3.05) is 18.8 Å². The molecule has 0 aliphatic carbocycles. The average molecular weight is 372 g/mol. The van der Waals surface area contributed by atoms with E-state index >= 15 is 0 Å². The molecular weight excluding hydrogens is 358 g/mol. The van der Waals surface area contributed by atoms with Gasteiger partial charge >= 0.3 is 0 Å². The van der Waals surface area contributed by atoms with E-state index in [4.69, 9.17) is 0 Å². The van der Waals surface area contributed by atoms with Gasteiger partial charge in [0.05, 0.1) is 5.75 Å². The van der Waals surface area contributed by atoms with Gasteiger partial charge < -0.3 is 0 Å². The van der Waals surface area contributed by atoms with Crippen LogP contribution < -0.4 is 9.44 Å². The summed E-state index contributed by atoms with van der Waals surface area (Å²) in [5.74, 6) is -0.0476. The van der Waals surface area contributed by atoms with Crippen LogP contribution >= 0.6 is 15.9 Å². The predicted octanol–water partition coefficient (Wildman–Crippen LogP) is 0.0617. The van der Waals surface area contributed by atoms with Crippen molar-refractivity contribution in [1.29, 1.82) is 0 Å². The van der Waals surface area contributed by atoms with Crippen LogP contribution in [-0.2, 0) is 20.0 Å². The largest absolute Gasteiger partial charge is 0.258 e. The van der Waals surface area contributed by atoms with Crippen LogP contribution in [0.25, 0.3) is 0 Å². The van der Waals surface area contributed by atoms with Crippen molar-refractivity contribution in [2.45, 2.75) is 11.9 Å². The van der Waals surface area contributed by atoms with Crippen LogP contribution in [0.15, 0.2) is 27.8 Å².